The fraction of sp³-hybridized carbons (Fsp3) is 0.211. The molecule has 0 saturated carbocycles. The Bertz CT molecular complexity index is 858. The number of fused-ring (bicyclic) bond motifs is 5. The highest BCUT2D eigenvalue weighted by atomic mass is 16.1. The van der Waals surface area contributed by atoms with Gasteiger partial charge < -0.3 is 0 Å². The molecular weight excluding hydrogens is 244 g/mol. The van der Waals surface area contributed by atoms with Gasteiger partial charge in [0.1, 0.15) is 0 Å². The third-order valence-corrected chi connectivity index (χ3v) is 4.47. The maximum absolute atomic E-state index is 12.1. The van der Waals surface area contributed by atoms with E-state index in [4.69, 9.17) is 0 Å². The predicted octanol–water partition coefficient (Wildman–Crippen LogP) is 4.82. The summed E-state index contributed by atoms with van der Waals surface area (Å²) >= 11 is 0. The van der Waals surface area contributed by atoms with Crippen LogP contribution in [0.1, 0.15) is 34.3 Å². The second-order valence-electron chi connectivity index (χ2n) is 5.71. The smallest absolute Gasteiger partial charge is 0.163 e. The number of ketones is 1. The van der Waals surface area contributed by atoms with Gasteiger partial charge in [0, 0.05) is 12.0 Å². The summed E-state index contributed by atoms with van der Waals surface area (Å²) < 4.78 is 0. The molecule has 0 spiro atoms. The molecule has 1 nitrogen and oxygen atoms in total. The van der Waals surface area contributed by atoms with Crippen LogP contribution >= 0.6 is 0 Å². The Labute approximate surface area is 118 Å². The molecule has 0 unspecified atom stereocenters. The van der Waals surface area contributed by atoms with Gasteiger partial charge in [-0.1, -0.05) is 36.4 Å². The molecule has 0 fully saturated rings. The molecule has 1 aliphatic rings. The van der Waals surface area contributed by atoms with Crippen LogP contribution in [0.2, 0.25) is 0 Å². The van der Waals surface area contributed by atoms with Crippen LogP contribution in [0.3, 0.4) is 0 Å². The Hall–Kier alpha value is -2.15. The monoisotopic (exact) mass is 260 g/mol. The summed E-state index contributed by atoms with van der Waals surface area (Å²) in [7, 11) is 0. The van der Waals surface area contributed by atoms with E-state index in [1.165, 1.54) is 32.7 Å². The van der Waals surface area contributed by atoms with Gasteiger partial charge >= 0.3 is 0 Å². The van der Waals surface area contributed by atoms with Crippen molar-refractivity contribution in [1.82, 2.24) is 0 Å². The zero-order valence-electron chi connectivity index (χ0n) is 11.6. The van der Waals surface area contributed by atoms with Gasteiger partial charge in [-0.05, 0) is 58.5 Å². The highest BCUT2D eigenvalue weighted by Crippen LogP contribution is 2.35. The minimum atomic E-state index is 0.310. The first kappa shape index (κ1) is 11.7. The molecule has 0 aliphatic heterocycles. The van der Waals surface area contributed by atoms with Crippen LogP contribution in [0.4, 0.5) is 0 Å². The van der Waals surface area contributed by atoms with Crippen LogP contribution in [-0.2, 0) is 6.42 Å². The number of carbonyl (C=O) groups is 1. The van der Waals surface area contributed by atoms with E-state index >= 15 is 0 Å². The molecule has 0 radical (unpaired) electrons. The van der Waals surface area contributed by atoms with E-state index in [-0.39, 0.29) is 0 Å². The molecule has 0 atom stereocenters. The van der Waals surface area contributed by atoms with Gasteiger partial charge in [0.25, 0.3) is 0 Å². The predicted molar refractivity (Wildman–Crippen MR) is 83.5 cm³/mol. The molecule has 0 amide bonds. The van der Waals surface area contributed by atoms with E-state index in [2.05, 4.69) is 49.4 Å². The largest absolute Gasteiger partial charge is 0.294 e. The quantitative estimate of drug-likeness (QED) is 0.529. The van der Waals surface area contributed by atoms with Crippen molar-refractivity contribution in [2.24, 2.45) is 0 Å². The first-order valence-corrected chi connectivity index (χ1v) is 7.23. The summed E-state index contributed by atoms with van der Waals surface area (Å²) in [5, 5.41) is 5.15. The lowest BCUT2D eigenvalue weighted by molar-refractivity contribution is 0.0973. The maximum atomic E-state index is 12.1. The van der Waals surface area contributed by atoms with E-state index in [9.17, 15) is 4.79 Å². The highest BCUT2D eigenvalue weighted by molar-refractivity contribution is 6.13. The summed E-state index contributed by atoms with van der Waals surface area (Å²) in [5.74, 6) is 0.310. The molecule has 1 heteroatoms. The first-order chi connectivity index (χ1) is 9.75. The van der Waals surface area contributed by atoms with E-state index in [0.717, 1.165) is 18.4 Å². The molecule has 0 heterocycles. The minimum Gasteiger partial charge on any atom is -0.294 e. The van der Waals surface area contributed by atoms with Crippen molar-refractivity contribution in [3.8, 4) is 0 Å². The zero-order valence-corrected chi connectivity index (χ0v) is 11.6. The standard InChI is InChI=1S/C19H16O/c1-12-11-17-15(7-4-8-18(17)20)16-10-9-13-5-2-3-6-14(13)19(12)16/h2-3,5-6,9-11H,4,7-8H2,1H3. The summed E-state index contributed by atoms with van der Waals surface area (Å²) in [6.45, 7) is 2.12. The summed E-state index contributed by atoms with van der Waals surface area (Å²) in [6, 6.07) is 15.0. The minimum absolute atomic E-state index is 0.310. The van der Waals surface area contributed by atoms with Crippen LogP contribution in [-0.4, -0.2) is 5.78 Å². The van der Waals surface area contributed by atoms with E-state index < -0.39 is 0 Å². The summed E-state index contributed by atoms with van der Waals surface area (Å²) in [5.41, 5.74) is 3.43. The molecule has 3 aromatic carbocycles. The molecule has 0 aromatic heterocycles. The lowest BCUT2D eigenvalue weighted by atomic mass is 9.84. The Morgan fingerprint density at radius 3 is 2.70 bits per heavy atom. The second-order valence-corrected chi connectivity index (χ2v) is 5.71. The van der Waals surface area contributed by atoms with Gasteiger partial charge in [-0.25, -0.2) is 0 Å². The molecule has 0 saturated heterocycles. The number of aryl methyl sites for hydroxylation is 2. The molecule has 0 bridgehead atoms. The lowest BCUT2D eigenvalue weighted by Gasteiger charge is -2.19. The lowest BCUT2D eigenvalue weighted by Crippen LogP contribution is -2.11. The van der Waals surface area contributed by atoms with Crippen molar-refractivity contribution in [3.05, 3.63) is 59.2 Å². The Morgan fingerprint density at radius 2 is 1.80 bits per heavy atom. The number of rotatable bonds is 0. The Morgan fingerprint density at radius 1 is 0.950 bits per heavy atom. The third kappa shape index (κ3) is 1.53. The van der Waals surface area contributed by atoms with E-state index in [1.807, 2.05) is 0 Å². The van der Waals surface area contributed by atoms with Crippen LogP contribution in [0.5, 0.6) is 0 Å². The average molecular weight is 260 g/mol. The number of hydrogen-bond acceptors (Lipinski definition) is 1. The van der Waals surface area contributed by atoms with Crippen molar-refractivity contribution < 1.29 is 4.79 Å². The van der Waals surface area contributed by atoms with Gasteiger partial charge in [-0.3, -0.25) is 4.79 Å². The van der Waals surface area contributed by atoms with Crippen molar-refractivity contribution in [2.45, 2.75) is 26.2 Å². The molecule has 20 heavy (non-hydrogen) atoms. The van der Waals surface area contributed by atoms with Crippen molar-refractivity contribution >= 4 is 27.3 Å². The van der Waals surface area contributed by atoms with Crippen LogP contribution in [0, 0.1) is 6.92 Å². The van der Waals surface area contributed by atoms with Gasteiger partial charge in [0.2, 0.25) is 0 Å². The molecular formula is C19H16O. The van der Waals surface area contributed by atoms with E-state index in [0.29, 0.717) is 12.2 Å². The first-order valence-electron chi connectivity index (χ1n) is 7.23. The summed E-state index contributed by atoms with van der Waals surface area (Å²) in [6.07, 6.45) is 2.71. The molecule has 0 N–H and O–H groups in total. The Balaban J connectivity index is 2.21. The Kier molecular flexibility index (Phi) is 2.43. The SMILES string of the molecule is Cc1cc2c(c3ccc4ccccc4c13)CCCC2=O. The topological polar surface area (TPSA) is 17.1 Å². The molecule has 3 aromatic rings. The van der Waals surface area contributed by atoms with Crippen LogP contribution in [0.25, 0.3) is 21.5 Å². The normalized spacial score (nSPS) is 14.8. The van der Waals surface area contributed by atoms with Crippen molar-refractivity contribution in [2.75, 3.05) is 0 Å². The number of benzene rings is 3. The average Bonchev–Trinajstić information content (AvgIpc) is 2.48. The highest BCUT2D eigenvalue weighted by Gasteiger charge is 2.20. The van der Waals surface area contributed by atoms with Crippen LogP contribution < -0.4 is 0 Å². The van der Waals surface area contributed by atoms with Gasteiger partial charge in [-0.2, -0.15) is 0 Å². The number of hydrogen-bond donors (Lipinski definition) is 0. The maximum Gasteiger partial charge on any atom is 0.163 e. The molecule has 98 valence electrons. The zero-order chi connectivity index (χ0) is 13.7. The molecule has 1 aliphatic carbocycles. The number of Topliss-reactive ketones (excluding diaryl/α,β-unsaturated/α-hetero) is 1. The third-order valence-electron chi connectivity index (χ3n) is 4.47. The second kappa shape index (κ2) is 4.17. The van der Waals surface area contributed by atoms with Gasteiger partial charge in [-0.15, -0.1) is 0 Å². The van der Waals surface area contributed by atoms with Gasteiger partial charge in [0.15, 0.2) is 5.78 Å². The van der Waals surface area contributed by atoms with Gasteiger partial charge in [0.05, 0.1) is 0 Å². The molecule has 4 rings (SSSR count). The van der Waals surface area contributed by atoms with Crippen LogP contribution in [0.15, 0.2) is 42.5 Å². The fourth-order valence-corrected chi connectivity index (χ4v) is 3.55. The number of carbonyl (C=O) groups excluding carboxylic acids is 1. The summed E-state index contributed by atoms with van der Waals surface area (Å²) in [4.78, 5) is 12.1. The van der Waals surface area contributed by atoms with Crippen molar-refractivity contribution in [3.63, 3.8) is 0 Å². The fourth-order valence-electron chi connectivity index (χ4n) is 3.55. The van der Waals surface area contributed by atoms with E-state index in [1.54, 1.807) is 0 Å². The van der Waals surface area contributed by atoms with Crippen molar-refractivity contribution in [1.29, 1.82) is 0 Å².